The largest absolute Gasteiger partial charge is 0.490 e. The molecule has 2 aromatic carbocycles. The van der Waals surface area contributed by atoms with Crippen LogP contribution < -0.4 is 4.74 Å². The third-order valence-electron chi connectivity index (χ3n) is 2.88. The Morgan fingerprint density at radius 2 is 1.81 bits per heavy atom. The highest BCUT2D eigenvalue weighted by Crippen LogP contribution is 2.20. The zero-order chi connectivity index (χ0) is 14.9. The molecule has 0 radical (unpaired) electrons. The summed E-state index contributed by atoms with van der Waals surface area (Å²) in [5, 5.41) is 0. The average Bonchev–Trinajstić information content (AvgIpc) is 2.52. The van der Waals surface area contributed by atoms with Gasteiger partial charge in [-0.3, -0.25) is 4.79 Å². The van der Waals surface area contributed by atoms with E-state index in [4.69, 9.17) is 9.47 Å². The van der Waals surface area contributed by atoms with Gasteiger partial charge in [0.15, 0.2) is 0 Å². The van der Waals surface area contributed by atoms with Crippen LogP contribution in [0, 0.1) is 6.92 Å². The molecule has 0 aliphatic rings. The lowest BCUT2D eigenvalue weighted by atomic mass is 10.2. The van der Waals surface area contributed by atoms with Crippen LogP contribution in [0.3, 0.4) is 0 Å². The van der Waals surface area contributed by atoms with E-state index in [0.29, 0.717) is 18.8 Å². The lowest BCUT2D eigenvalue weighted by Crippen LogP contribution is -2.23. The number of hydrogen-bond acceptors (Lipinski definition) is 4. The van der Waals surface area contributed by atoms with Gasteiger partial charge in [-0.1, -0.05) is 35.9 Å². The Balaban J connectivity index is 1.83. The third-order valence-corrected chi connectivity index (χ3v) is 4.03. The molecule has 0 N–H and O–H groups in total. The highest BCUT2D eigenvalue weighted by molar-refractivity contribution is 7.99. The fourth-order valence-electron chi connectivity index (χ4n) is 1.73. The normalized spacial score (nSPS) is 11.7. The van der Waals surface area contributed by atoms with E-state index in [1.807, 2.05) is 30.3 Å². The minimum absolute atomic E-state index is 0.269. The van der Waals surface area contributed by atoms with E-state index in [2.05, 4.69) is 31.2 Å². The van der Waals surface area contributed by atoms with Gasteiger partial charge in [-0.25, -0.2) is 0 Å². The third kappa shape index (κ3) is 5.52. The van der Waals surface area contributed by atoms with Gasteiger partial charge in [0.25, 0.3) is 6.47 Å². The lowest BCUT2D eigenvalue weighted by molar-refractivity contribution is -0.133. The molecule has 4 heteroatoms. The first-order chi connectivity index (χ1) is 10.3. The van der Waals surface area contributed by atoms with Gasteiger partial charge in [0.2, 0.25) is 0 Å². The van der Waals surface area contributed by atoms with Gasteiger partial charge < -0.3 is 9.47 Å². The minimum atomic E-state index is -0.269. The minimum Gasteiger partial charge on any atom is -0.490 e. The van der Waals surface area contributed by atoms with E-state index in [-0.39, 0.29) is 6.10 Å². The molecular weight excluding hydrogens is 284 g/mol. The Labute approximate surface area is 129 Å². The van der Waals surface area contributed by atoms with Crippen molar-refractivity contribution >= 4 is 18.2 Å². The van der Waals surface area contributed by atoms with Crippen LogP contribution in [0.5, 0.6) is 5.75 Å². The van der Waals surface area contributed by atoms with Crippen molar-refractivity contribution in [2.75, 3.05) is 12.4 Å². The van der Waals surface area contributed by atoms with Crippen molar-refractivity contribution in [1.82, 2.24) is 0 Å². The van der Waals surface area contributed by atoms with Crippen LogP contribution in [-0.4, -0.2) is 24.9 Å². The molecule has 0 amide bonds. The van der Waals surface area contributed by atoms with Gasteiger partial charge in [0.1, 0.15) is 18.5 Å². The maximum Gasteiger partial charge on any atom is 0.293 e. The predicted molar refractivity (Wildman–Crippen MR) is 84.8 cm³/mol. The summed E-state index contributed by atoms with van der Waals surface area (Å²) >= 11 is 1.65. The zero-order valence-electron chi connectivity index (χ0n) is 11.9. The van der Waals surface area contributed by atoms with E-state index in [0.717, 1.165) is 10.6 Å². The highest BCUT2D eigenvalue weighted by atomic mass is 32.2. The summed E-state index contributed by atoms with van der Waals surface area (Å²) in [6.07, 6.45) is -0.269. The Hall–Kier alpha value is -1.94. The van der Waals surface area contributed by atoms with E-state index in [1.165, 1.54) is 5.56 Å². The molecule has 3 nitrogen and oxygen atoms in total. The van der Waals surface area contributed by atoms with Crippen molar-refractivity contribution in [2.24, 2.45) is 0 Å². The van der Waals surface area contributed by atoms with Gasteiger partial charge in [-0.15, -0.1) is 11.8 Å². The average molecular weight is 302 g/mol. The predicted octanol–water partition coefficient (Wildman–Crippen LogP) is 3.71. The number of aryl methyl sites for hydroxylation is 1. The Morgan fingerprint density at radius 1 is 1.10 bits per heavy atom. The first kappa shape index (κ1) is 15.4. The molecule has 0 aliphatic carbocycles. The number of benzene rings is 2. The van der Waals surface area contributed by atoms with Crippen molar-refractivity contribution in [3.63, 3.8) is 0 Å². The van der Waals surface area contributed by atoms with Gasteiger partial charge in [-0.05, 0) is 31.2 Å². The number of rotatable bonds is 8. The summed E-state index contributed by atoms with van der Waals surface area (Å²) in [5.41, 5.74) is 1.23. The van der Waals surface area contributed by atoms with Crippen LogP contribution >= 0.6 is 11.8 Å². The van der Waals surface area contributed by atoms with Crippen molar-refractivity contribution in [3.8, 4) is 5.75 Å². The van der Waals surface area contributed by atoms with Gasteiger partial charge in [-0.2, -0.15) is 0 Å². The number of para-hydroxylation sites is 1. The summed E-state index contributed by atoms with van der Waals surface area (Å²) < 4.78 is 10.7. The molecule has 0 fully saturated rings. The molecule has 2 rings (SSSR count). The van der Waals surface area contributed by atoms with E-state index < -0.39 is 0 Å². The SMILES string of the molecule is Cc1ccc(SCC(COc2ccccc2)OC=O)cc1. The Kier molecular flexibility index (Phi) is 6.16. The van der Waals surface area contributed by atoms with E-state index in [9.17, 15) is 4.79 Å². The van der Waals surface area contributed by atoms with Gasteiger partial charge in [0, 0.05) is 10.6 Å². The van der Waals surface area contributed by atoms with Gasteiger partial charge in [0.05, 0.1) is 0 Å². The lowest BCUT2D eigenvalue weighted by Gasteiger charge is -2.15. The second-order valence-electron chi connectivity index (χ2n) is 4.60. The second kappa shape index (κ2) is 8.37. The number of carbonyl (C=O) groups excluding carboxylic acids is 1. The molecule has 0 heterocycles. The number of carbonyl (C=O) groups is 1. The first-order valence-electron chi connectivity index (χ1n) is 6.74. The van der Waals surface area contributed by atoms with Crippen LogP contribution in [0.15, 0.2) is 59.5 Å². The van der Waals surface area contributed by atoms with Crippen molar-refractivity contribution in [3.05, 3.63) is 60.2 Å². The molecule has 21 heavy (non-hydrogen) atoms. The summed E-state index contributed by atoms with van der Waals surface area (Å²) in [6.45, 7) is 2.89. The maximum atomic E-state index is 10.6. The van der Waals surface area contributed by atoms with Crippen LogP contribution in [0.1, 0.15) is 5.56 Å². The number of thioether (sulfide) groups is 1. The molecule has 1 atom stereocenters. The number of ether oxygens (including phenoxy) is 2. The van der Waals surface area contributed by atoms with Crippen LogP contribution in [0.25, 0.3) is 0 Å². The fourth-order valence-corrected chi connectivity index (χ4v) is 2.62. The Morgan fingerprint density at radius 3 is 2.48 bits per heavy atom. The molecular formula is C17H18O3S. The fraction of sp³-hybridized carbons (Fsp3) is 0.235. The maximum absolute atomic E-state index is 10.6. The topological polar surface area (TPSA) is 35.5 Å². The van der Waals surface area contributed by atoms with Gasteiger partial charge >= 0.3 is 0 Å². The van der Waals surface area contributed by atoms with E-state index >= 15 is 0 Å². The molecule has 0 aliphatic heterocycles. The van der Waals surface area contributed by atoms with E-state index in [1.54, 1.807) is 11.8 Å². The molecule has 110 valence electrons. The Bertz CT molecular complexity index is 540. The zero-order valence-corrected chi connectivity index (χ0v) is 12.7. The summed E-state index contributed by atoms with van der Waals surface area (Å²) in [7, 11) is 0. The van der Waals surface area contributed by atoms with Crippen molar-refractivity contribution < 1.29 is 14.3 Å². The second-order valence-corrected chi connectivity index (χ2v) is 5.70. The molecule has 0 saturated carbocycles. The molecule has 0 saturated heterocycles. The van der Waals surface area contributed by atoms with Crippen LogP contribution in [0.4, 0.5) is 0 Å². The first-order valence-corrected chi connectivity index (χ1v) is 7.73. The molecule has 2 aromatic rings. The molecule has 0 spiro atoms. The smallest absolute Gasteiger partial charge is 0.293 e. The quantitative estimate of drug-likeness (QED) is 0.550. The van der Waals surface area contributed by atoms with Crippen LogP contribution in [0.2, 0.25) is 0 Å². The molecule has 0 aromatic heterocycles. The summed E-state index contributed by atoms with van der Waals surface area (Å²) in [6, 6.07) is 17.8. The van der Waals surface area contributed by atoms with Crippen molar-refractivity contribution in [1.29, 1.82) is 0 Å². The number of hydrogen-bond donors (Lipinski definition) is 0. The molecule has 1 unspecified atom stereocenters. The standard InChI is InChI=1S/C17H18O3S/c1-14-7-9-17(10-8-14)21-12-16(20-13-18)11-19-15-5-3-2-4-6-15/h2-10,13,16H,11-12H2,1H3. The monoisotopic (exact) mass is 302 g/mol. The highest BCUT2D eigenvalue weighted by Gasteiger charge is 2.11. The molecule has 0 bridgehead atoms. The van der Waals surface area contributed by atoms with Crippen molar-refractivity contribution in [2.45, 2.75) is 17.9 Å². The van der Waals surface area contributed by atoms with Crippen LogP contribution in [-0.2, 0) is 9.53 Å². The summed E-state index contributed by atoms with van der Waals surface area (Å²) in [5.74, 6) is 1.44. The summed E-state index contributed by atoms with van der Waals surface area (Å²) in [4.78, 5) is 11.7.